The summed E-state index contributed by atoms with van der Waals surface area (Å²) in [4.78, 5) is 23.9. The van der Waals surface area contributed by atoms with Gasteiger partial charge in [0.25, 0.3) is 15.9 Å². The Kier molecular flexibility index (Phi) is 7.19. The van der Waals surface area contributed by atoms with Crippen molar-refractivity contribution in [3.8, 4) is 28.6 Å². The van der Waals surface area contributed by atoms with Crippen LogP contribution in [0.15, 0.2) is 59.8 Å². The number of fused-ring (bicyclic) bond motifs is 1. The van der Waals surface area contributed by atoms with Gasteiger partial charge in [0.2, 0.25) is 11.8 Å². The van der Waals surface area contributed by atoms with Gasteiger partial charge in [0.15, 0.2) is 11.5 Å². The molecule has 12 nitrogen and oxygen atoms in total. The topological polar surface area (TPSA) is 138 Å². The van der Waals surface area contributed by atoms with E-state index in [0.717, 1.165) is 16.7 Å². The predicted molar refractivity (Wildman–Crippen MR) is 153 cm³/mol. The van der Waals surface area contributed by atoms with Crippen LogP contribution in [0.5, 0.6) is 17.4 Å². The number of hydrogen-bond acceptors (Lipinski definition) is 9. The smallest absolute Gasteiger partial charge is 0.267 e. The van der Waals surface area contributed by atoms with E-state index < -0.39 is 10.0 Å². The summed E-state index contributed by atoms with van der Waals surface area (Å²) in [6, 6.07) is 12.7. The second kappa shape index (κ2) is 11.0. The van der Waals surface area contributed by atoms with E-state index in [9.17, 15) is 13.2 Å². The van der Waals surface area contributed by atoms with Gasteiger partial charge in [-0.2, -0.15) is 10.1 Å². The number of nitrogens with zero attached hydrogens (tertiary/aromatic N) is 5. The van der Waals surface area contributed by atoms with Crippen molar-refractivity contribution in [2.45, 2.75) is 31.3 Å². The average molecular weight is 591 g/mol. The van der Waals surface area contributed by atoms with Gasteiger partial charge < -0.3 is 19.1 Å². The van der Waals surface area contributed by atoms with Crippen LogP contribution in [0.25, 0.3) is 11.3 Å². The van der Waals surface area contributed by atoms with Crippen LogP contribution in [0.4, 0.5) is 5.95 Å². The maximum atomic E-state index is 13.3. The predicted octanol–water partition coefficient (Wildman–Crippen LogP) is 3.36. The summed E-state index contributed by atoms with van der Waals surface area (Å²) in [6.07, 6.45) is 2.87. The Hall–Kier alpha value is -4.65. The maximum Gasteiger partial charge on any atom is 0.267 e. The molecule has 1 unspecified atom stereocenters. The third-order valence-corrected chi connectivity index (χ3v) is 8.45. The highest BCUT2D eigenvalue weighted by molar-refractivity contribution is 7.92. The molecule has 1 amide bonds. The van der Waals surface area contributed by atoms with Gasteiger partial charge in [0.1, 0.15) is 24.2 Å². The number of amides is 1. The highest BCUT2D eigenvalue weighted by atomic mass is 32.2. The number of hydrogen-bond donors (Lipinski definition) is 1. The molecule has 2 aromatic heterocycles. The first-order chi connectivity index (χ1) is 20.2. The standard InChI is InChI=1S/C29H30N6O6S/c1-18-5-4-6-19(2)27(18)23-14-26(32-29(31-23)33-42(37,38)22-15-30-34(3)17-22)41-21-9-10-35(16-21)28(36)20-7-8-24-25(13-20)40-12-11-39-24/h4-8,13-15,17,21H,9-12,16H2,1-3H3,(H,31,32,33). The third-order valence-electron chi connectivity index (χ3n) is 7.17. The molecule has 0 bridgehead atoms. The fourth-order valence-electron chi connectivity index (χ4n) is 5.13. The maximum absolute atomic E-state index is 13.3. The SMILES string of the molecule is Cc1cccc(C)c1-c1cc(OC2CCN(C(=O)c3ccc4c(c3)OCCO4)C2)nc(NS(=O)(=O)c2cnn(C)c2)n1. The number of rotatable bonds is 7. The molecule has 6 rings (SSSR count). The molecule has 2 aromatic carbocycles. The molecule has 0 radical (unpaired) electrons. The zero-order valence-corrected chi connectivity index (χ0v) is 24.2. The Morgan fingerprint density at radius 3 is 2.55 bits per heavy atom. The average Bonchev–Trinajstić information content (AvgIpc) is 3.61. The number of carbonyl (C=O) groups is 1. The Bertz CT molecular complexity index is 1750. The minimum Gasteiger partial charge on any atom is -0.486 e. The second-order valence-corrected chi connectivity index (χ2v) is 12.0. The normalized spacial score (nSPS) is 16.4. The van der Waals surface area contributed by atoms with Crippen molar-refractivity contribution < 1.29 is 27.4 Å². The third kappa shape index (κ3) is 5.59. The summed E-state index contributed by atoms with van der Waals surface area (Å²) in [5.74, 6) is 1.11. The zero-order valence-electron chi connectivity index (χ0n) is 23.4. The first-order valence-electron chi connectivity index (χ1n) is 13.5. The molecule has 2 aliphatic rings. The monoisotopic (exact) mass is 590 g/mol. The molecule has 1 fully saturated rings. The van der Waals surface area contributed by atoms with Gasteiger partial charge in [0, 0.05) is 43.4 Å². The summed E-state index contributed by atoms with van der Waals surface area (Å²) < 4.78 is 47.4. The van der Waals surface area contributed by atoms with Crippen LogP contribution < -0.4 is 18.9 Å². The Balaban J connectivity index is 1.25. The molecule has 2 aliphatic heterocycles. The Morgan fingerprint density at radius 2 is 1.81 bits per heavy atom. The van der Waals surface area contributed by atoms with Crippen molar-refractivity contribution in [3.63, 3.8) is 0 Å². The summed E-state index contributed by atoms with van der Waals surface area (Å²) >= 11 is 0. The number of nitrogens with one attached hydrogen (secondary N) is 1. The van der Waals surface area contributed by atoms with Crippen LogP contribution in [-0.4, -0.2) is 71.4 Å². The number of ether oxygens (including phenoxy) is 3. The largest absolute Gasteiger partial charge is 0.486 e. The molecule has 218 valence electrons. The van der Waals surface area contributed by atoms with E-state index in [4.69, 9.17) is 14.2 Å². The molecule has 4 heterocycles. The summed E-state index contributed by atoms with van der Waals surface area (Å²) in [7, 11) is -2.37. The van der Waals surface area contributed by atoms with Gasteiger partial charge >= 0.3 is 0 Å². The number of sulfonamides is 1. The van der Waals surface area contributed by atoms with Crippen LogP contribution in [-0.2, 0) is 17.1 Å². The molecule has 1 saturated heterocycles. The molecule has 1 atom stereocenters. The van der Waals surface area contributed by atoms with Crippen molar-refractivity contribution in [3.05, 3.63) is 71.5 Å². The van der Waals surface area contributed by atoms with E-state index in [0.29, 0.717) is 55.5 Å². The summed E-state index contributed by atoms with van der Waals surface area (Å²) in [6.45, 7) is 5.67. The lowest BCUT2D eigenvalue weighted by Gasteiger charge is -2.21. The van der Waals surface area contributed by atoms with Crippen molar-refractivity contribution in [2.75, 3.05) is 31.0 Å². The van der Waals surface area contributed by atoms with Gasteiger partial charge in [-0.3, -0.25) is 9.48 Å². The van der Waals surface area contributed by atoms with Crippen molar-refractivity contribution in [1.29, 1.82) is 0 Å². The Labute approximate surface area is 243 Å². The summed E-state index contributed by atoms with van der Waals surface area (Å²) in [5.41, 5.74) is 3.82. The van der Waals surface area contributed by atoms with E-state index in [1.54, 1.807) is 36.2 Å². The van der Waals surface area contributed by atoms with Gasteiger partial charge in [-0.1, -0.05) is 18.2 Å². The van der Waals surface area contributed by atoms with Gasteiger partial charge in [-0.15, -0.1) is 0 Å². The second-order valence-electron chi connectivity index (χ2n) is 10.3. The highest BCUT2D eigenvalue weighted by Crippen LogP contribution is 2.33. The number of carbonyl (C=O) groups excluding carboxylic acids is 1. The molecule has 0 spiro atoms. The van der Waals surface area contributed by atoms with Crippen LogP contribution in [0, 0.1) is 13.8 Å². The molecule has 0 aliphatic carbocycles. The lowest BCUT2D eigenvalue weighted by Crippen LogP contribution is -2.31. The fourth-order valence-corrected chi connectivity index (χ4v) is 6.06. The lowest BCUT2D eigenvalue weighted by molar-refractivity contribution is 0.0770. The van der Waals surface area contributed by atoms with Crippen molar-refractivity contribution in [2.24, 2.45) is 7.05 Å². The quantitative estimate of drug-likeness (QED) is 0.343. The van der Waals surface area contributed by atoms with E-state index in [2.05, 4.69) is 19.8 Å². The van der Waals surface area contributed by atoms with E-state index in [1.165, 1.54) is 17.1 Å². The van der Waals surface area contributed by atoms with Crippen molar-refractivity contribution in [1.82, 2.24) is 24.6 Å². The summed E-state index contributed by atoms with van der Waals surface area (Å²) in [5, 5.41) is 3.95. The molecule has 4 aromatic rings. The van der Waals surface area contributed by atoms with Crippen molar-refractivity contribution >= 4 is 21.9 Å². The van der Waals surface area contributed by atoms with E-state index in [-0.39, 0.29) is 28.7 Å². The molecule has 42 heavy (non-hydrogen) atoms. The minimum absolute atomic E-state index is 0.0161. The van der Waals surface area contributed by atoms with Gasteiger partial charge in [0.05, 0.1) is 18.4 Å². The molecular formula is C29H30N6O6S. The van der Waals surface area contributed by atoms with Crippen LogP contribution >= 0.6 is 0 Å². The first kappa shape index (κ1) is 27.5. The van der Waals surface area contributed by atoms with Crippen LogP contribution in [0.1, 0.15) is 27.9 Å². The number of aromatic nitrogens is 4. The zero-order chi connectivity index (χ0) is 29.4. The lowest BCUT2D eigenvalue weighted by atomic mass is 10.00. The van der Waals surface area contributed by atoms with Gasteiger partial charge in [-0.05, 0) is 43.2 Å². The number of anilines is 1. The molecule has 13 heteroatoms. The number of benzene rings is 2. The first-order valence-corrected chi connectivity index (χ1v) is 15.0. The highest BCUT2D eigenvalue weighted by Gasteiger charge is 2.30. The number of likely N-dealkylation sites (tertiary alicyclic amines) is 1. The minimum atomic E-state index is -4.00. The Morgan fingerprint density at radius 1 is 1.05 bits per heavy atom. The molecule has 0 saturated carbocycles. The molecular weight excluding hydrogens is 560 g/mol. The molecule has 1 N–H and O–H groups in total. The van der Waals surface area contributed by atoms with Crippen LogP contribution in [0.3, 0.4) is 0 Å². The number of aryl methyl sites for hydroxylation is 3. The van der Waals surface area contributed by atoms with E-state index in [1.807, 2.05) is 32.0 Å². The fraction of sp³-hybridized carbons (Fsp3) is 0.310. The van der Waals surface area contributed by atoms with Gasteiger partial charge in [-0.25, -0.2) is 18.1 Å². The van der Waals surface area contributed by atoms with Crippen LogP contribution in [0.2, 0.25) is 0 Å². The van der Waals surface area contributed by atoms with E-state index >= 15 is 0 Å².